The minimum absolute atomic E-state index is 0.0202. The van der Waals surface area contributed by atoms with Gasteiger partial charge < -0.3 is 5.32 Å². The minimum atomic E-state index is -2.65. The van der Waals surface area contributed by atoms with Gasteiger partial charge in [-0.25, -0.2) is 8.78 Å². The van der Waals surface area contributed by atoms with Crippen LogP contribution in [-0.4, -0.2) is 21.7 Å². The first-order valence-corrected chi connectivity index (χ1v) is 8.08. The van der Waals surface area contributed by atoms with Crippen molar-refractivity contribution >= 4 is 21.8 Å². The highest BCUT2D eigenvalue weighted by atomic mass is 79.9. The van der Waals surface area contributed by atoms with Gasteiger partial charge in [-0.05, 0) is 35.7 Å². The average Bonchev–Trinajstić information content (AvgIpc) is 2.62. The number of rotatable bonds is 4. The zero-order valence-electron chi connectivity index (χ0n) is 12.0. The van der Waals surface area contributed by atoms with Crippen molar-refractivity contribution in [3.05, 3.63) is 15.9 Å². The Kier molecular flexibility index (Phi) is 5.72. The number of hydrogen-bond donors (Lipinski definition) is 1. The van der Waals surface area contributed by atoms with Crippen molar-refractivity contribution in [1.29, 1.82) is 0 Å². The van der Waals surface area contributed by atoms with Gasteiger partial charge in [-0.15, -0.1) is 0 Å². The van der Waals surface area contributed by atoms with Crippen LogP contribution < -0.4 is 5.32 Å². The average molecular weight is 364 g/mol. The van der Waals surface area contributed by atoms with E-state index in [0.717, 1.165) is 25.7 Å². The summed E-state index contributed by atoms with van der Waals surface area (Å²) < 4.78 is 27.1. The lowest BCUT2D eigenvalue weighted by atomic mass is 10.1. The Labute approximate surface area is 131 Å². The van der Waals surface area contributed by atoms with Gasteiger partial charge in [0.15, 0.2) is 0 Å². The number of halogens is 3. The standard InChI is InChI=1S/C14H20BrF2N3O/c1-9-12(15)13(14(16)17)19-20(9)8-11(21)18-10-6-4-2-3-5-7-10/h10,14H,2-8H2,1H3,(H,18,21). The number of carbonyl (C=O) groups is 1. The fourth-order valence-corrected chi connectivity index (χ4v) is 3.13. The maximum Gasteiger partial charge on any atom is 0.283 e. The van der Waals surface area contributed by atoms with Crippen molar-refractivity contribution < 1.29 is 13.6 Å². The molecular weight excluding hydrogens is 344 g/mol. The van der Waals surface area contributed by atoms with E-state index in [4.69, 9.17) is 0 Å². The molecule has 1 aliphatic rings. The van der Waals surface area contributed by atoms with Crippen LogP contribution in [-0.2, 0) is 11.3 Å². The maximum atomic E-state index is 12.8. The van der Waals surface area contributed by atoms with Crippen molar-refractivity contribution in [2.24, 2.45) is 0 Å². The third kappa shape index (κ3) is 4.25. The first kappa shape index (κ1) is 16.4. The molecule has 21 heavy (non-hydrogen) atoms. The van der Waals surface area contributed by atoms with Crippen molar-refractivity contribution in [3.63, 3.8) is 0 Å². The van der Waals surface area contributed by atoms with Crippen LogP contribution in [0, 0.1) is 6.92 Å². The van der Waals surface area contributed by atoms with E-state index < -0.39 is 6.43 Å². The van der Waals surface area contributed by atoms with Crippen LogP contribution in [0.15, 0.2) is 4.47 Å². The largest absolute Gasteiger partial charge is 0.352 e. The van der Waals surface area contributed by atoms with Crippen molar-refractivity contribution in [2.75, 3.05) is 0 Å². The topological polar surface area (TPSA) is 46.9 Å². The zero-order valence-corrected chi connectivity index (χ0v) is 13.6. The Balaban J connectivity index is 1.97. The molecule has 4 nitrogen and oxygen atoms in total. The van der Waals surface area contributed by atoms with Gasteiger partial charge in [-0.1, -0.05) is 25.7 Å². The zero-order chi connectivity index (χ0) is 15.4. The van der Waals surface area contributed by atoms with E-state index in [9.17, 15) is 13.6 Å². The number of carbonyl (C=O) groups excluding carboxylic acids is 1. The smallest absolute Gasteiger partial charge is 0.283 e. The molecule has 0 atom stereocenters. The predicted octanol–water partition coefficient (Wildman–Crippen LogP) is 3.73. The molecule has 0 aromatic carbocycles. The van der Waals surface area contributed by atoms with E-state index in [1.807, 2.05) is 0 Å². The van der Waals surface area contributed by atoms with Gasteiger partial charge in [0.1, 0.15) is 12.2 Å². The number of alkyl halides is 2. The summed E-state index contributed by atoms with van der Waals surface area (Å²) in [5.41, 5.74) is 0.232. The fraction of sp³-hybridized carbons (Fsp3) is 0.714. The monoisotopic (exact) mass is 363 g/mol. The highest BCUT2D eigenvalue weighted by Crippen LogP contribution is 2.28. The van der Waals surface area contributed by atoms with Crippen molar-refractivity contribution in [2.45, 2.75) is 64.5 Å². The van der Waals surface area contributed by atoms with E-state index >= 15 is 0 Å². The van der Waals surface area contributed by atoms with E-state index in [2.05, 4.69) is 26.3 Å². The number of amides is 1. The highest BCUT2D eigenvalue weighted by molar-refractivity contribution is 9.10. The Morgan fingerprint density at radius 3 is 2.52 bits per heavy atom. The van der Waals surface area contributed by atoms with Gasteiger partial charge >= 0.3 is 0 Å². The highest BCUT2D eigenvalue weighted by Gasteiger charge is 2.22. The van der Waals surface area contributed by atoms with Gasteiger partial charge in [0.25, 0.3) is 6.43 Å². The van der Waals surface area contributed by atoms with E-state index in [0.29, 0.717) is 5.69 Å². The molecule has 2 rings (SSSR count). The summed E-state index contributed by atoms with van der Waals surface area (Å²) in [6.07, 6.45) is 4.04. The molecule has 1 aliphatic carbocycles. The quantitative estimate of drug-likeness (QED) is 0.828. The molecule has 1 aromatic heterocycles. The van der Waals surface area contributed by atoms with Crippen molar-refractivity contribution in [1.82, 2.24) is 15.1 Å². The number of aromatic nitrogens is 2. The van der Waals surface area contributed by atoms with Crippen LogP contribution in [0.4, 0.5) is 8.78 Å². The van der Waals surface area contributed by atoms with Gasteiger partial charge in [0.05, 0.1) is 10.2 Å². The molecule has 1 amide bonds. The fourth-order valence-electron chi connectivity index (χ4n) is 2.67. The summed E-state index contributed by atoms with van der Waals surface area (Å²) in [6.45, 7) is 1.65. The Morgan fingerprint density at radius 1 is 1.38 bits per heavy atom. The second-order valence-corrected chi connectivity index (χ2v) is 6.29. The molecular formula is C14H20BrF2N3O. The number of nitrogens with one attached hydrogen (secondary N) is 1. The molecule has 118 valence electrons. The number of hydrogen-bond acceptors (Lipinski definition) is 2. The third-order valence-corrected chi connectivity index (χ3v) is 4.86. The second kappa shape index (κ2) is 7.33. The van der Waals surface area contributed by atoms with Crippen LogP contribution in [0.2, 0.25) is 0 Å². The van der Waals surface area contributed by atoms with Crippen LogP contribution in [0.1, 0.15) is 56.3 Å². The van der Waals surface area contributed by atoms with E-state index in [1.54, 1.807) is 6.92 Å². The normalized spacial score (nSPS) is 17.0. The van der Waals surface area contributed by atoms with Crippen LogP contribution in [0.3, 0.4) is 0 Å². The minimum Gasteiger partial charge on any atom is -0.352 e. The number of nitrogens with zero attached hydrogens (tertiary/aromatic N) is 2. The Bertz CT molecular complexity index is 497. The predicted molar refractivity (Wildman–Crippen MR) is 79.3 cm³/mol. The molecule has 0 radical (unpaired) electrons. The molecule has 0 aliphatic heterocycles. The maximum absolute atomic E-state index is 12.8. The van der Waals surface area contributed by atoms with Crippen LogP contribution in [0.5, 0.6) is 0 Å². The van der Waals surface area contributed by atoms with Crippen molar-refractivity contribution in [3.8, 4) is 0 Å². The third-order valence-electron chi connectivity index (χ3n) is 3.88. The first-order chi connectivity index (χ1) is 9.99. The second-order valence-electron chi connectivity index (χ2n) is 5.50. The summed E-state index contributed by atoms with van der Waals surface area (Å²) in [4.78, 5) is 12.1. The molecule has 0 spiro atoms. The van der Waals surface area contributed by atoms with E-state index in [1.165, 1.54) is 17.5 Å². The lowest BCUT2D eigenvalue weighted by Crippen LogP contribution is -2.37. The SMILES string of the molecule is Cc1c(Br)c(C(F)F)nn1CC(=O)NC1CCCCCC1. The molecule has 1 N–H and O–H groups in total. The molecule has 1 heterocycles. The molecule has 7 heteroatoms. The first-order valence-electron chi connectivity index (χ1n) is 7.29. The van der Waals surface area contributed by atoms with Gasteiger partial charge in [0, 0.05) is 6.04 Å². The van der Waals surface area contributed by atoms with Crippen LogP contribution in [0.25, 0.3) is 0 Å². The molecule has 1 saturated carbocycles. The van der Waals surface area contributed by atoms with Gasteiger partial charge in [-0.3, -0.25) is 9.48 Å². The van der Waals surface area contributed by atoms with E-state index in [-0.39, 0.29) is 28.7 Å². The van der Waals surface area contributed by atoms with Crippen LogP contribution >= 0.6 is 15.9 Å². The lowest BCUT2D eigenvalue weighted by Gasteiger charge is -2.16. The summed E-state index contributed by atoms with van der Waals surface area (Å²) in [7, 11) is 0. The summed E-state index contributed by atoms with van der Waals surface area (Å²) in [5, 5.41) is 6.81. The summed E-state index contributed by atoms with van der Waals surface area (Å²) >= 11 is 3.11. The lowest BCUT2D eigenvalue weighted by molar-refractivity contribution is -0.122. The van der Waals surface area contributed by atoms with Gasteiger partial charge in [0.2, 0.25) is 5.91 Å². The summed E-state index contributed by atoms with van der Waals surface area (Å²) in [6, 6.07) is 0.203. The molecule has 1 fully saturated rings. The molecule has 0 unspecified atom stereocenters. The Morgan fingerprint density at radius 2 is 2.00 bits per heavy atom. The summed E-state index contributed by atoms with van der Waals surface area (Å²) in [5.74, 6) is -0.166. The molecule has 0 saturated heterocycles. The molecule has 0 bridgehead atoms. The Hall–Kier alpha value is -0.980. The van der Waals surface area contributed by atoms with Gasteiger partial charge in [-0.2, -0.15) is 5.10 Å². The molecule has 1 aromatic rings.